The van der Waals surface area contributed by atoms with E-state index in [4.69, 9.17) is 0 Å². The summed E-state index contributed by atoms with van der Waals surface area (Å²) in [6.45, 7) is 0. The van der Waals surface area contributed by atoms with Gasteiger partial charge in [-0.3, -0.25) is 0 Å². The molecular formula is C53H40N2. The zero-order valence-electron chi connectivity index (χ0n) is 30.7. The van der Waals surface area contributed by atoms with Gasteiger partial charge < -0.3 is 9.47 Å². The highest BCUT2D eigenvalue weighted by Gasteiger charge is 2.45. The average molecular weight is 705 g/mol. The summed E-state index contributed by atoms with van der Waals surface area (Å²) in [4.78, 5) is 2.48. The Hall–Kier alpha value is -6.64. The maximum Gasteiger partial charge on any atom is 0.0547 e. The van der Waals surface area contributed by atoms with Crippen LogP contribution in [0.25, 0.3) is 60.9 Å². The molecule has 1 saturated carbocycles. The second-order valence-corrected chi connectivity index (χ2v) is 15.3. The van der Waals surface area contributed by atoms with Crippen molar-refractivity contribution in [3.63, 3.8) is 0 Å². The lowest BCUT2D eigenvalue weighted by molar-refractivity contribution is 0.550. The molecule has 1 spiro atoms. The Kier molecular flexibility index (Phi) is 7.38. The zero-order valence-corrected chi connectivity index (χ0v) is 30.7. The quantitative estimate of drug-likeness (QED) is 0.167. The third-order valence-corrected chi connectivity index (χ3v) is 12.3. The summed E-state index contributed by atoms with van der Waals surface area (Å²) >= 11 is 0. The lowest BCUT2D eigenvalue weighted by Gasteiger charge is -2.31. The molecule has 0 aliphatic heterocycles. The van der Waals surface area contributed by atoms with Gasteiger partial charge in [-0.05, 0) is 106 Å². The van der Waals surface area contributed by atoms with E-state index in [1.54, 1.807) is 0 Å². The van der Waals surface area contributed by atoms with E-state index in [0.717, 1.165) is 5.69 Å². The van der Waals surface area contributed by atoms with Crippen molar-refractivity contribution < 1.29 is 0 Å². The lowest BCUT2D eigenvalue weighted by atomic mass is 9.76. The van der Waals surface area contributed by atoms with Crippen molar-refractivity contribution in [1.82, 2.24) is 4.57 Å². The van der Waals surface area contributed by atoms with Crippen LogP contribution in [0.3, 0.4) is 0 Å². The predicted molar refractivity (Wildman–Crippen MR) is 231 cm³/mol. The van der Waals surface area contributed by atoms with Crippen LogP contribution < -0.4 is 4.90 Å². The molecule has 1 aromatic heterocycles. The van der Waals surface area contributed by atoms with E-state index < -0.39 is 0 Å². The normalized spacial score (nSPS) is 14.0. The highest BCUT2D eigenvalue weighted by molar-refractivity contribution is 6.10. The van der Waals surface area contributed by atoms with Crippen LogP contribution in [0, 0.1) is 0 Å². The van der Waals surface area contributed by atoms with Gasteiger partial charge in [0.1, 0.15) is 0 Å². The molecule has 2 aliphatic rings. The van der Waals surface area contributed by atoms with Crippen molar-refractivity contribution in [3.05, 3.63) is 205 Å². The van der Waals surface area contributed by atoms with Gasteiger partial charge >= 0.3 is 0 Å². The molecule has 0 radical (unpaired) electrons. The number of hydrogen-bond acceptors (Lipinski definition) is 1. The van der Waals surface area contributed by atoms with Crippen LogP contribution in [-0.2, 0) is 5.41 Å². The molecule has 0 saturated heterocycles. The fourth-order valence-electron chi connectivity index (χ4n) is 9.87. The first kappa shape index (κ1) is 31.8. The molecule has 2 aliphatic carbocycles. The van der Waals surface area contributed by atoms with Crippen LogP contribution in [0.4, 0.5) is 17.1 Å². The van der Waals surface area contributed by atoms with E-state index in [1.807, 2.05) is 0 Å². The molecule has 262 valence electrons. The number of aromatic nitrogens is 1. The topological polar surface area (TPSA) is 8.17 Å². The molecule has 1 heterocycles. The minimum Gasteiger partial charge on any atom is -0.310 e. The molecule has 0 amide bonds. The molecule has 1 fully saturated rings. The van der Waals surface area contributed by atoms with Gasteiger partial charge in [-0.25, -0.2) is 0 Å². The summed E-state index contributed by atoms with van der Waals surface area (Å²) in [6.07, 6.45) is 4.97. The fraction of sp³-hybridized carbons (Fsp3) is 0.0943. The first-order valence-electron chi connectivity index (χ1n) is 19.6. The highest BCUT2D eigenvalue weighted by atomic mass is 15.1. The van der Waals surface area contributed by atoms with E-state index in [0.29, 0.717) is 0 Å². The fourth-order valence-corrected chi connectivity index (χ4v) is 9.87. The molecule has 0 bridgehead atoms. The maximum absolute atomic E-state index is 2.52. The molecule has 0 unspecified atom stereocenters. The first-order chi connectivity index (χ1) is 27.3. The second-order valence-electron chi connectivity index (χ2n) is 15.3. The van der Waals surface area contributed by atoms with Gasteiger partial charge in [0.2, 0.25) is 0 Å². The molecule has 0 atom stereocenters. The number of hydrogen-bond donors (Lipinski definition) is 0. The van der Waals surface area contributed by atoms with E-state index in [9.17, 15) is 0 Å². The van der Waals surface area contributed by atoms with E-state index >= 15 is 0 Å². The summed E-state index contributed by atoms with van der Waals surface area (Å²) in [5, 5.41) is 2.54. The van der Waals surface area contributed by atoms with Crippen molar-refractivity contribution in [2.75, 3.05) is 4.90 Å². The van der Waals surface area contributed by atoms with Gasteiger partial charge in [0.25, 0.3) is 0 Å². The maximum atomic E-state index is 2.52. The number of nitrogens with zero attached hydrogens (tertiary/aromatic N) is 2. The van der Waals surface area contributed by atoms with Crippen molar-refractivity contribution >= 4 is 38.9 Å². The standard InChI is InChI=1S/C53H40N2/c1-3-15-38(16-4-1)43-19-8-11-23-50(43)54(42-30-32-45-44-20-7-10-22-48(44)53(49(45)36-42)33-13-14-34-53)41-28-25-37(26-29-41)39-27-31-47-46-21-9-12-24-51(46)55(52(47)35-39)40-17-5-2-6-18-40/h1-12,15-32,35-36H,13-14,33-34H2. The average Bonchev–Trinajstić information content (AvgIpc) is 3.96. The largest absolute Gasteiger partial charge is 0.310 e. The van der Waals surface area contributed by atoms with Crippen LogP contribution in [-0.4, -0.2) is 4.57 Å². The van der Waals surface area contributed by atoms with Crippen molar-refractivity contribution in [1.29, 1.82) is 0 Å². The van der Waals surface area contributed by atoms with Crippen LogP contribution in [0.2, 0.25) is 0 Å². The Morgan fingerprint density at radius 3 is 1.84 bits per heavy atom. The number of fused-ring (bicyclic) bond motifs is 8. The van der Waals surface area contributed by atoms with Crippen LogP contribution in [0.15, 0.2) is 194 Å². The number of para-hydroxylation sites is 3. The Bertz CT molecular complexity index is 2860. The highest BCUT2D eigenvalue weighted by Crippen LogP contribution is 2.58. The third kappa shape index (κ3) is 5.02. The Labute approximate surface area is 322 Å². The summed E-state index contributed by atoms with van der Waals surface area (Å²) in [7, 11) is 0. The molecule has 2 nitrogen and oxygen atoms in total. The lowest BCUT2D eigenvalue weighted by Crippen LogP contribution is -2.21. The van der Waals surface area contributed by atoms with Gasteiger partial charge in [0.05, 0.1) is 16.7 Å². The predicted octanol–water partition coefficient (Wildman–Crippen LogP) is 14.4. The number of anilines is 3. The van der Waals surface area contributed by atoms with Gasteiger partial charge in [-0.2, -0.15) is 0 Å². The number of rotatable bonds is 6. The second kappa shape index (κ2) is 12.7. The zero-order chi connectivity index (χ0) is 36.3. The molecule has 8 aromatic carbocycles. The van der Waals surface area contributed by atoms with Crippen molar-refractivity contribution in [2.24, 2.45) is 0 Å². The Morgan fingerprint density at radius 1 is 0.400 bits per heavy atom. The van der Waals surface area contributed by atoms with Crippen LogP contribution >= 0.6 is 0 Å². The summed E-state index contributed by atoms with van der Waals surface area (Å²) < 4.78 is 2.40. The van der Waals surface area contributed by atoms with Crippen LogP contribution in [0.1, 0.15) is 36.8 Å². The monoisotopic (exact) mass is 704 g/mol. The minimum atomic E-state index is 0.0945. The van der Waals surface area contributed by atoms with Gasteiger partial charge in [0, 0.05) is 38.8 Å². The van der Waals surface area contributed by atoms with Crippen molar-refractivity contribution in [2.45, 2.75) is 31.1 Å². The summed E-state index contributed by atoms with van der Waals surface area (Å²) in [5.74, 6) is 0. The molecule has 9 aromatic rings. The van der Waals surface area contributed by atoms with E-state index in [1.165, 1.54) is 109 Å². The molecule has 2 heteroatoms. The van der Waals surface area contributed by atoms with Gasteiger partial charge in [0.15, 0.2) is 0 Å². The van der Waals surface area contributed by atoms with E-state index in [2.05, 4.69) is 204 Å². The van der Waals surface area contributed by atoms with E-state index in [-0.39, 0.29) is 5.41 Å². The Balaban J connectivity index is 1.06. The minimum absolute atomic E-state index is 0.0945. The summed E-state index contributed by atoms with van der Waals surface area (Å²) in [5.41, 5.74) is 17.9. The van der Waals surface area contributed by atoms with Gasteiger partial charge in [-0.15, -0.1) is 0 Å². The Morgan fingerprint density at radius 2 is 1.02 bits per heavy atom. The summed E-state index contributed by atoms with van der Waals surface area (Å²) in [6, 6.07) is 71.7. The SMILES string of the molecule is c1ccc(-c2ccccc2N(c2ccc(-c3ccc4c5ccccc5n(-c5ccccc5)c4c3)cc2)c2ccc3c(c2)C2(CCCC2)c2ccccc2-3)cc1. The molecule has 0 N–H and O–H groups in total. The molecule has 11 rings (SSSR count). The molecular weight excluding hydrogens is 665 g/mol. The van der Waals surface area contributed by atoms with Gasteiger partial charge in [-0.1, -0.05) is 152 Å². The smallest absolute Gasteiger partial charge is 0.0547 e. The van der Waals surface area contributed by atoms with Crippen molar-refractivity contribution in [3.8, 4) is 39.1 Å². The van der Waals surface area contributed by atoms with Crippen LogP contribution in [0.5, 0.6) is 0 Å². The third-order valence-electron chi connectivity index (χ3n) is 12.3. The molecule has 55 heavy (non-hydrogen) atoms. The first-order valence-corrected chi connectivity index (χ1v) is 19.6. The number of benzene rings is 8.